The van der Waals surface area contributed by atoms with E-state index in [4.69, 9.17) is 23.2 Å². The summed E-state index contributed by atoms with van der Waals surface area (Å²) in [6.07, 6.45) is -0.0624. The predicted molar refractivity (Wildman–Crippen MR) is 70.9 cm³/mol. The van der Waals surface area contributed by atoms with E-state index in [0.29, 0.717) is 10.6 Å². The number of ketones is 1. The van der Waals surface area contributed by atoms with Crippen LogP contribution in [0.3, 0.4) is 0 Å². The third kappa shape index (κ3) is 2.89. The van der Waals surface area contributed by atoms with E-state index in [1.807, 2.05) is 0 Å². The summed E-state index contributed by atoms with van der Waals surface area (Å²) >= 11 is 11.6. The predicted octanol–water partition coefficient (Wildman–Crippen LogP) is 4.56. The van der Waals surface area contributed by atoms with E-state index in [1.54, 1.807) is 30.3 Å². The van der Waals surface area contributed by atoms with Crippen molar-refractivity contribution in [1.29, 1.82) is 0 Å². The zero-order valence-electron chi connectivity index (χ0n) is 9.29. The molecular formula is C14H9Cl2FO. The molecular weight excluding hydrogens is 274 g/mol. The van der Waals surface area contributed by atoms with E-state index in [-0.39, 0.29) is 22.8 Å². The summed E-state index contributed by atoms with van der Waals surface area (Å²) in [6.45, 7) is 0. The van der Waals surface area contributed by atoms with Crippen molar-refractivity contribution in [2.45, 2.75) is 6.42 Å². The maximum Gasteiger partial charge on any atom is 0.167 e. The average molecular weight is 283 g/mol. The maximum atomic E-state index is 13.5. The SMILES string of the molecule is O=C(Cc1c(F)cccc1Cl)c1ccc(Cl)cc1. The smallest absolute Gasteiger partial charge is 0.167 e. The van der Waals surface area contributed by atoms with Gasteiger partial charge in [0.2, 0.25) is 0 Å². The van der Waals surface area contributed by atoms with Gasteiger partial charge in [0.1, 0.15) is 5.82 Å². The molecule has 0 aliphatic heterocycles. The second-order valence-electron chi connectivity index (χ2n) is 3.81. The van der Waals surface area contributed by atoms with Crippen molar-refractivity contribution in [3.05, 3.63) is 69.5 Å². The fourth-order valence-electron chi connectivity index (χ4n) is 1.60. The molecule has 0 heterocycles. The van der Waals surface area contributed by atoms with E-state index in [1.165, 1.54) is 12.1 Å². The zero-order chi connectivity index (χ0) is 13.1. The van der Waals surface area contributed by atoms with Crippen LogP contribution in [0.4, 0.5) is 4.39 Å². The van der Waals surface area contributed by atoms with Crippen molar-refractivity contribution in [3.8, 4) is 0 Å². The second kappa shape index (κ2) is 5.51. The number of halogens is 3. The Morgan fingerprint density at radius 2 is 1.72 bits per heavy atom. The summed E-state index contributed by atoms with van der Waals surface area (Å²) in [5.74, 6) is -0.663. The van der Waals surface area contributed by atoms with Gasteiger partial charge >= 0.3 is 0 Å². The first kappa shape index (κ1) is 13.1. The quantitative estimate of drug-likeness (QED) is 0.755. The van der Waals surface area contributed by atoms with E-state index < -0.39 is 5.82 Å². The second-order valence-corrected chi connectivity index (χ2v) is 4.65. The Hall–Kier alpha value is -1.38. The summed E-state index contributed by atoms with van der Waals surface area (Å²) in [5, 5.41) is 0.813. The molecule has 0 bridgehead atoms. The number of carbonyl (C=O) groups excluding carboxylic acids is 1. The first-order chi connectivity index (χ1) is 8.58. The van der Waals surface area contributed by atoms with Crippen LogP contribution in [0.1, 0.15) is 15.9 Å². The summed E-state index contributed by atoms with van der Waals surface area (Å²) in [6, 6.07) is 10.8. The maximum absolute atomic E-state index is 13.5. The van der Waals surface area contributed by atoms with Crippen LogP contribution in [0.5, 0.6) is 0 Å². The largest absolute Gasteiger partial charge is 0.294 e. The molecule has 0 aliphatic carbocycles. The van der Waals surface area contributed by atoms with Gasteiger partial charge in [0.05, 0.1) is 0 Å². The van der Waals surface area contributed by atoms with Gasteiger partial charge in [-0.05, 0) is 36.4 Å². The highest BCUT2D eigenvalue weighted by molar-refractivity contribution is 6.31. The highest BCUT2D eigenvalue weighted by atomic mass is 35.5. The molecule has 0 aliphatic rings. The molecule has 0 spiro atoms. The molecule has 92 valence electrons. The molecule has 0 aromatic heterocycles. The number of hydrogen-bond acceptors (Lipinski definition) is 1. The molecule has 0 N–H and O–H groups in total. The van der Waals surface area contributed by atoms with Gasteiger partial charge in [-0.15, -0.1) is 0 Å². The number of rotatable bonds is 3. The number of carbonyl (C=O) groups is 1. The highest BCUT2D eigenvalue weighted by Crippen LogP contribution is 2.21. The molecule has 0 fully saturated rings. The molecule has 0 unspecified atom stereocenters. The minimum absolute atomic E-state index is 0.0624. The summed E-state index contributed by atoms with van der Waals surface area (Å²) in [7, 11) is 0. The molecule has 1 nitrogen and oxygen atoms in total. The van der Waals surface area contributed by atoms with Crippen LogP contribution in [-0.2, 0) is 6.42 Å². The Morgan fingerprint density at radius 1 is 1.06 bits per heavy atom. The number of Topliss-reactive ketones (excluding diaryl/α,β-unsaturated/α-hetero) is 1. The standard InChI is InChI=1S/C14H9Cl2FO/c15-10-6-4-9(5-7-10)14(18)8-11-12(16)2-1-3-13(11)17/h1-7H,8H2. The lowest BCUT2D eigenvalue weighted by atomic mass is 10.0. The molecule has 2 aromatic rings. The third-order valence-corrected chi connectivity index (χ3v) is 3.17. The molecule has 0 saturated heterocycles. The number of benzene rings is 2. The van der Waals surface area contributed by atoms with Gasteiger partial charge < -0.3 is 0 Å². The van der Waals surface area contributed by atoms with Gasteiger partial charge in [0.25, 0.3) is 0 Å². The van der Waals surface area contributed by atoms with Crippen molar-refractivity contribution in [2.24, 2.45) is 0 Å². The summed E-state index contributed by atoms with van der Waals surface area (Å²) in [5.41, 5.74) is 0.706. The summed E-state index contributed by atoms with van der Waals surface area (Å²) < 4.78 is 13.5. The van der Waals surface area contributed by atoms with E-state index in [2.05, 4.69) is 0 Å². The van der Waals surface area contributed by atoms with Gasteiger partial charge in [0, 0.05) is 27.6 Å². The summed E-state index contributed by atoms with van der Waals surface area (Å²) in [4.78, 5) is 12.0. The monoisotopic (exact) mass is 282 g/mol. The van der Waals surface area contributed by atoms with E-state index in [0.717, 1.165) is 0 Å². The van der Waals surface area contributed by atoms with Gasteiger partial charge in [-0.1, -0.05) is 29.3 Å². The van der Waals surface area contributed by atoms with E-state index in [9.17, 15) is 9.18 Å². The molecule has 0 saturated carbocycles. The fourth-order valence-corrected chi connectivity index (χ4v) is 1.96. The van der Waals surface area contributed by atoms with Crippen molar-refractivity contribution in [3.63, 3.8) is 0 Å². The van der Waals surface area contributed by atoms with Crippen LogP contribution < -0.4 is 0 Å². The lowest BCUT2D eigenvalue weighted by Crippen LogP contribution is -2.05. The van der Waals surface area contributed by atoms with Gasteiger partial charge in [-0.25, -0.2) is 4.39 Å². The average Bonchev–Trinajstić information content (AvgIpc) is 2.34. The lowest BCUT2D eigenvalue weighted by Gasteiger charge is -2.05. The number of hydrogen-bond donors (Lipinski definition) is 0. The van der Waals surface area contributed by atoms with Crippen LogP contribution in [-0.4, -0.2) is 5.78 Å². The highest BCUT2D eigenvalue weighted by Gasteiger charge is 2.13. The Balaban J connectivity index is 2.24. The minimum atomic E-state index is -0.468. The molecule has 0 atom stereocenters. The van der Waals surface area contributed by atoms with Gasteiger partial charge in [-0.2, -0.15) is 0 Å². The Bertz CT molecular complexity index is 559. The van der Waals surface area contributed by atoms with Crippen molar-refractivity contribution in [1.82, 2.24) is 0 Å². The molecule has 0 amide bonds. The first-order valence-corrected chi connectivity index (χ1v) is 6.05. The Kier molecular flexibility index (Phi) is 4.00. The fraction of sp³-hybridized carbons (Fsp3) is 0.0714. The van der Waals surface area contributed by atoms with Gasteiger partial charge in [-0.3, -0.25) is 4.79 Å². The lowest BCUT2D eigenvalue weighted by molar-refractivity contribution is 0.0992. The van der Waals surface area contributed by atoms with E-state index >= 15 is 0 Å². The Morgan fingerprint density at radius 3 is 2.33 bits per heavy atom. The van der Waals surface area contributed by atoms with Crippen LogP contribution in [0.15, 0.2) is 42.5 Å². The normalized spacial score (nSPS) is 10.4. The topological polar surface area (TPSA) is 17.1 Å². The molecule has 2 aromatic carbocycles. The van der Waals surface area contributed by atoms with Crippen molar-refractivity contribution in [2.75, 3.05) is 0 Å². The zero-order valence-corrected chi connectivity index (χ0v) is 10.8. The molecule has 2 rings (SSSR count). The minimum Gasteiger partial charge on any atom is -0.294 e. The molecule has 4 heteroatoms. The molecule has 18 heavy (non-hydrogen) atoms. The van der Waals surface area contributed by atoms with Crippen LogP contribution in [0.2, 0.25) is 10.0 Å². The van der Waals surface area contributed by atoms with Gasteiger partial charge in [0.15, 0.2) is 5.78 Å². The third-order valence-electron chi connectivity index (χ3n) is 2.57. The van der Waals surface area contributed by atoms with Crippen molar-refractivity contribution < 1.29 is 9.18 Å². The molecule has 0 radical (unpaired) electrons. The van der Waals surface area contributed by atoms with Crippen LogP contribution in [0, 0.1) is 5.82 Å². The Labute approximate surface area is 114 Å². The van der Waals surface area contributed by atoms with Crippen LogP contribution in [0.25, 0.3) is 0 Å². The van der Waals surface area contributed by atoms with Crippen molar-refractivity contribution >= 4 is 29.0 Å². The van der Waals surface area contributed by atoms with Crippen LogP contribution >= 0.6 is 23.2 Å². The first-order valence-electron chi connectivity index (χ1n) is 5.29.